The molecule has 0 aromatic heterocycles. The number of hydrogen-bond acceptors (Lipinski definition) is 2. The molecule has 1 rings (SSSR count). The van der Waals surface area contributed by atoms with E-state index in [1.165, 1.54) is 0 Å². The molecule has 5 heteroatoms. The number of aliphatic hydroxyl groups excluding tert-OH is 1. The zero-order valence-corrected chi connectivity index (χ0v) is 6.51. The second-order valence-electron chi connectivity index (χ2n) is 3.31. The number of alkyl halides is 3. The van der Waals surface area contributed by atoms with Gasteiger partial charge in [0, 0.05) is 24.8 Å². The molecule has 1 aliphatic rings. The van der Waals surface area contributed by atoms with E-state index in [0.717, 1.165) is 0 Å². The highest BCUT2D eigenvalue weighted by atomic mass is 19.3. The summed E-state index contributed by atoms with van der Waals surface area (Å²) in [5.74, 6) is -3.68. The Morgan fingerprint density at radius 2 is 2.08 bits per heavy atom. The van der Waals surface area contributed by atoms with E-state index in [-0.39, 0.29) is 0 Å². The summed E-state index contributed by atoms with van der Waals surface area (Å²) in [5, 5.41) is 9.10. The summed E-state index contributed by atoms with van der Waals surface area (Å²) in [4.78, 5) is 0. The molecule has 0 radical (unpaired) electrons. The molecule has 0 aromatic rings. The minimum absolute atomic E-state index is 0.501. The maximum absolute atomic E-state index is 12.6. The minimum Gasteiger partial charge on any atom is -0.393 e. The second-order valence-corrected chi connectivity index (χ2v) is 3.31. The standard InChI is InChI=1S/C7H12F3NO/c8-3-5(11)4-1-7(9,10)2-6(4)12/h4-6,12H,1-3,11H2. The van der Waals surface area contributed by atoms with Crippen LogP contribution in [0.25, 0.3) is 0 Å². The molecule has 0 aromatic carbocycles. The molecule has 3 N–H and O–H groups in total. The van der Waals surface area contributed by atoms with Crippen LogP contribution >= 0.6 is 0 Å². The van der Waals surface area contributed by atoms with Gasteiger partial charge in [0.2, 0.25) is 0 Å². The van der Waals surface area contributed by atoms with Crippen LogP contribution in [-0.2, 0) is 0 Å². The molecule has 72 valence electrons. The predicted octanol–water partition coefficient (Wildman–Crippen LogP) is 0.689. The van der Waals surface area contributed by atoms with Crippen molar-refractivity contribution in [2.45, 2.75) is 30.9 Å². The van der Waals surface area contributed by atoms with Crippen LogP contribution in [0.3, 0.4) is 0 Å². The Bertz CT molecular complexity index is 165. The van der Waals surface area contributed by atoms with Crippen molar-refractivity contribution in [2.24, 2.45) is 11.7 Å². The highest BCUT2D eigenvalue weighted by Crippen LogP contribution is 2.40. The van der Waals surface area contributed by atoms with Gasteiger partial charge in [0.25, 0.3) is 5.92 Å². The molecule has 0 spiro atoms. The maximum atomic E-state index is 12.6. The first-order valence-electron chi connectivity index (χ1n) is 3.84. The van der Waals surface area contributed by atoms with Crippen molar-refractivity contribution in [1.29, 1.82) is 0 Å². The predicted molar refractivity (Wildman–Crippen MR) is 37.6 cm³/mol. The Hall–Kier alpha value is -0.290. The first-order chi connectivity index (χ1) is 5.46. The fraction of sp³-hybridized carbons (Fsp3) is 1.00. The lowest BCUT2D eigenvalue weighted by molar-refractivity contribution is -0.00404. The topological polar surface area (TPSA) is 46.2 Å². The van der Waals surface area contributed by atoms with E-state index in [9.17, 15) is 13.2 Å². The highest BCUT2D eigenvalue weighted by Gasteiger charge is 2.47. The summed E-state index contributed by atoms with van der Waals surface area (Å²) in [6.07, 6.45) is -2.25. The third-order valence-corrected chi connectivity index (χ3v) is 2.26. The maximum Gasteiger partial charge on any atom is 0.251 e. The van der Waals surface area contributed by atoms with E-state index < -0.39 is 43.5 Å². The summed E-state index contributed by atoms with van der Waals surface area (Å²) in [6.45, 7) is -0.863. The Morgan fingerprint density at radius 3 is 2.42 bits per heavy atom. The fourth-order valence-electron chi connectivity index (χ4n) is 1.57. The van der Waals surface area contributed by atoms with Crippen molar-refractivity contribution in [1.82, 2.24) is 0 Å². The SMILES string of the molecule is NC(CF)C1CC(F)(F)CC1O. The van der Waals surface area contributed by atoms with E-state index in [4.69, 9.17) is 10.8 Å². The number of halogens is 3. The third kappa shape index (κ3) is 1.90. The molecular weight excluding hydrogens is 171 g/mol. The molecule has 3 atom stereocenters. The highest BCUT2D eigenvalue weighted by molar-refractivity contribution is 4.93. The van der Waals surface area contributed by atoms with Crippen molar-refractivity contribution in [3.05, 3.63) is 0 Å². The van der Waals surface area contributed by atoms with E-state index in [1.54, 1.807) is 0 Å². The van der Waals surface area contributed by atoms with E-state index in [0.29, 0.717) is 0 Å². The van der Waals surface area contributed by atoms with Gasteiger partial charge in [0.1, 0.15) is 6.67 Å². The average molecular weight is 183 g/mol. The van der Waals surface area contributed by atoms with Crippen LogP contribution in [0.2, 0.25) is 0 Å². The lowest BCUT2D eigenvalue weighted by Crippen LogP contribution is -2.36. The Morgan fingerprint density at radius 1 is 1.50 bits per heavy atom. The lowest BCUT2D eigenvalue weighted by Gasteiger charge is -2.18. The molecule has 0 amide bonds. The quantitative estimate of drug-likeness (QED) is 0.661. The molecule has 0 bridgehead atoms. The van der Waals surface area contributed by atoms with E-state index >= 15 is 0 Å². The van der Waals surface area contributed by atoms with E-state index in [1.807, 2.05) is 0 Å². The van der Waals surface area contributed by atoms with Gasteiger partial charge in [0.15, 0.2) is 0 Å². The first-order valence-corrected chi connectivity index (χ1v) is 3.84. The van der Waals surface area contributed by atoms with Crippen LogP contribution in [0.1, 0.15) is 12.8 Å². The molecule has 3 unspecified atom stereocenters. The van der Waals surface area contributed by atoms with Crippen LogP contribution < -0.4 is 5.73 Å². The largest absolute Gasteiger partial charge is 0.393 e. The summed E-state index contributed by atoms with van der Waals surface area (Å²) >= 11 is 0. The number of hydrogen-bond donors (Lipinski definition) is 2. The molecule has 0 aliphatic heterocycles. The van der Waals surface area contributed by atoms with Gasteiger partial charge in [-0.05, 0) is 0 Å². The number of aliphatic hydroxyl groups is 1. The van der Waals surface area contributed by atoms with Gasteiger partial charge in [-0.15, -0.1) is 0 Å². The van der Waals surface area contributed by atoms with Crippen LogP contribution in [0.5, 0.6) is 0 Å². The van der Waals surface area contributed by atoms with Gasteiger partial charge in [-0.1, -0.05) is 0 Å². The molecule has 1 fully saturated rings. The molecule has 2 nitrogen and oxygen atoms in total. The molecule has 1 saturated carbocycles. The Balaban J connectivity index is 2.57. The monoisotopic (exact) mass is 183 g/mol. The van der Waals surface area contributed by atoms with Gasteiger partial charge in [-0.25, -0.2) is 13.2 Å². The fourth-order valence-corrected chi connectivity index (χ4v) is 1.57. The van der Waals surface area contributed by atoms with Crippen molar-refractivity contribution in [3.63, 3.8) is 0 Å². The van der Waals surface area contributed by atoms with Gasteiger partial charge in [0.05, 0.1) is 6.10 Å². The van der Waals surface area contributed by atoms with Crippen LogP contribution in [-0.4, -0.2) is 29.8 Å². The molecule has 0 saturated heterocycles. The summed E-state index contributed by atoms with van der Waals surface area (Å²) < 4.78 is 37.2. The first kappa shape index (κ1) is 9.80. The zero-order valence-electron chi connectivity index (χ0n) is 6.51. The molecule has 12 heavy (non-hydrogen) atoms. The smallest absolute Gasteiger partial charge is 0.251 e. The summed E-state index contributed by atoms with van der Waals surface area (Å²) in [5.41, 5.74) is 5.22. The Kier molecular flexibility index (Phi) is 2.63. The molecular formula is C7H12F3NO. The van der Waals surface area contributed by atoms with Gasteiger partial charge >= 0.3 is 0 Å². The average Bonchev–Trinajstić information content (AvgIpc) is 2.23. The van der Waals surface area contributed by atoms with Gasteiger partial charge in [-0.2, -0.15) is 0 Å². The number of nitrogens with two attached hydrogens (primary N) is 1. The Labute approximate surface area is 68.6 Å². The lowest BCUT2D eigenvalue weighted by atomic mass is 9.98. The molecule has 1 aliphatic carbocycles. The van der Waals surface area contributed by atoms with E-state index in [2.05, 4.69) is 0 Å². The normalized spacial score (nSPS) is 36.8. The summed E-state index contributed by atoms with van der Waals surface area (Å²) in [6, 6.07) is -0.964. The van der Waals surface area contributed by atoms with Crippen molar-refractivity contribution >= 4 is 0 Å². The van der Waals surface area contributed by atoms with Gasteiger partial charge in [-0.3, -0.25) is 0 Å². The van der Waals surface area contributed by atoms with Gasteiger partial charge < -0.3 is 10.8 Å². The number of rotatable bonds is 2. The van der Waals surface area contributed by atoms with Crippen LogP contribution in [0, 0.1) is 5.92 Å². The van der Waals surface area contributed by atoms with Crippen molar-refractivity contribution < 1.29 is 18.3 Å². The molecule has 0 heterocycles. The third-order valence-electron chi connectivity index (χ3n) is 2.26. The summed E-state index contributed by atoms with van der Waals surface area (Å²) in [7, 11) is 0. The van der Waals surface area contributed by atoms with Crippen LogP contribution in [0.15, 0.2) is 0 Å². The van der Waals surface area contributed by atoms with Crippen molar-refractivity contribution in [2.75, 3.05) is 6.67 Å². The second kappa shape index (κ2) is 3.22. The zero-order chi connectivity index (χ0) is 9.35. The van der Waals surface area contributed by atoms with Crippen LogP contribution in [0.4, 0.5) is 13.2 Å². The van der Waals surface area contributed by atoms with Crippen molar-refractivity contribution in [3.8, 4) is 0 Å². The minimum atomic E-state index is -2.88.